The second-order valence-corrected chi connectivity index (χ2v) is 7.78. The summed E-state index contributed by atoms with van der Waals surface area (Å²) in [5.41, 5.74) is 10.0. The Bertz CT molecular complexity index is 1070. The Balaban J connectivity index is 1.66. The molecular weight excluding hydrogens is 384 g/mol. The number of nitrogens with one attached hydrogen (secondary N) is 3. The number of benzene rings is 1. The van der Waals surface area contributed by atoms with Crippen LogP contribution in [0.2, 0.25) is 0 Å². The van der Waals surface area contributed by atoms with Crippen LogP contribution >= 0.6 is 0 Å². The first kappa shape index (κ1) is 22.1. The lowest BCUT2D eigenvalue weighted by atomic mass is 9.95. The number of H-pyrrole nitrogens is 1. The Morgan fingerprint density at radius 1 is 1.29 bits per heavy atom. The molecule has 0 atom stereocenters. The quantitative estimate of drug-likeness (QED) is 0.403. The summed E-state index contributed by atoms with van der Waals surface area (Å²) in [6, 6.07) is 8.32. The molecule has 2 heterocycles. The van der Waals surface area contributed by atoms with Crippen molar-refractivity contribution in [1.82, 2.24) is 15.6 Å². The Labute approximate surface area is 184 Å². The third-order valence-electron chi connectivity index (χ3n) is 5.05. The predicted molar refractivity (Wildman–Crippen MR) is 128 cm³/mol. The van der Waals surface area contributed by atoms with E-state index in [1.54, 1.807) is 18.5 Å². The fourth-order valence-corrected chi connectivity index (χ4v) is 3.54. The topological polar surface area (TPSA) is 69.3 Å². The number of carbonyl (C=O) groups is 1. The minimum absolute atomic E-state index is 0.153. The van der Waals surface area contributed by atoms with Crippen molar-refractivity contribution in [3.8, 4) is 0 Å². The molecule has 5 nitrogen and oxygen atoms in total. The average molecular weight is 415 g/mol. The van der Waals surface area contributed by atoms with Crippen LogP contribution in [0.3, 0.4) is 0 Å². The van der Waals surface area contributed by atoms with Crippen molar-refractivity contribution in [1.29, 1.82) is 0 Å². The number of amides is 1. The van der Waals surface area contributed by atoms with Gasteiger partial charge in [0.2, 0.25) is 0 Å². The highest BCUT2D eigenvalue weighted by Gasteiger charge is 2.14. The summed E-state index contributed by atoms with van der Waals surface area (Å²) in [6.45, 7) is 12.4. The normalized spacial score (nSPS) is 12.6. The van der Waals surface area contributed by atoms with Crippen molar-refractivity contribution in [2.75, 3.05) is 6.54 Å². The fraction of sp³-hybridized carbons (Fsp3) is 0.269. The maximum Gasteiger partial charge on any atom is 0.253 e. The van der Waals surface area contributed by atoms with Gasteiger partial charge < -0.3 is 15.6 Å². The summed E-state index contributed by atoms with van der Waals surface area (Å²) in [6.07, 6.45) is 9.25. The summed E-state index contributed by atoms with van der Waals surface area (Å²) in [7, 11) is 0. The molecule has 0 fully saturated rings. The highest BCUT2D eigenvalue weighted by Crippen LogP contribution is 2.26. The van der Waals surface area contributed by atoms with Crippen LogP contribution in [0.15, 0.2) is 77.9 Å². The lowest BCUT2D eigenvalue weighted by Crippen LogP contribution is -2.32. The summed E-state index contributed by atoms with van der Waals surface area (Å²) in [4.78, 5) is 19.7. The van der Waals surface area contributed by atoms with E-state index in [0.717, 1.165) is 41.9 Å². The fourth-order valence-electron chi connectivity index (χ4n) is 3.54. The van der Waals surface area contributed by atoms with Gasteiger partial charge in [0.1, 0.15) is 5.84 Å². The summed E-state index contributed by atoms with van der Waals surface area (Å²) in [5.74, 6) is 0.663. The minimum Gasteiger partial charge on any atom is -0.367 e. The monoisotopic (exact) mass is 414 g/mol. The first-order valence-corrected chi connectivity index (χ1v) is 10.6. The van der Waals surface area contributed by atoms with Gasteiger partial charge in [-0.3, -0.25) is 4.79 Å². The maximum atomic E-state index is 12.1. The van der Waals surface area contributed by atoms with Crippen molar-refractivity contribution in [2.45, 2.75) is 39.5 Å². The van der Waals surface area contributed by atoms with Gasteiger partial charge in [0.15, 0.2) is 0 Å². The molecule has 2 aromatic rings. The minimum atomic E-state index is -0.153. The summed E-state index contributed by atoms with van der Waals surface area (Å²) >= 11 is 0. The first-order chi connectivity index (χ1) is 15.0. The van der Waals surface area contributed by atoms with Gasteiger partial charge in [-0.05, 0) is 43.0 Å². The number of allylic oxidation sites excluding steroid dienone is 1. The second-order valence-electron chi connectivity index (χ2n) is 7.78. The molecule has 3 rings (SSSR count). The number of amidine groups is 1. The van der Waals surface area contributed by atoms with Crippen LogP contribution in [0.25, 0.3) is 5.70 Å². The third kappa shape index (κ3) is 5.97. The largest absolute Gasteiger partial charge is 0.367 e. The van der Waals surface area contributed by atoms with E-state index in [0.29, 0.717) is 24.2 Å². The number of aryl methyl sites for hydroxylation is 1. The Kier molecular flexibility index (Phi) is 7.47. The molecule has 0 saturated carbocycles. The van der Waals surface area contributed by atoms with Gasteiger partial charge in [0.25, 0.3) is 5.91 Å². The summed E-state index contributed by atoms with van der Waals surface area (Å²) in [5, 5.41) is 6.10. The number of aliphatic imine (C=N–C) groups is 1. The van der Waals surface area contributed by atoms with Crippen LogP contribution in [0.5, 0.6) is 0 Å². The van der Waals surface area contributed by atoms with E-state index in [4.69, 9.17) is 4.99 Å². The molecular formula is C26H30N4O. The van der Waals surface area contributed by atoms with Crippen molar-refractivity contribution in [3.05, 3.63) is 95.1 Å². The molecule has 1 aromatic carbocycles. The zero-order valence-electron chi connectivity index (χ0n) is 18.3. The van der Waals surface area contributed by atoms with Crippen molar-refractivity contribution < 1.29 is 4.79 Å². The van der Waals surface area contributed by atoms with Crippen LogP contribution in [-0.4, -0.2) is 23.3 Å². The van der Waals surface area contributed by atoms with E-state index in [-0.39, 0.29) is 5.91 Å². The molecule has 1 aliphatic heterocycles. The van der Waals surface area contributed by atoms with Crippen molar-refractivity contribution in [3.63, 3.8) is 0 Å². The molecule has 5 heteroatoms. The lowest BCUT2D eigenvalue weighted by molar-refractivity contribution is 0.0957. The van der Waals surface area contributed by atoms with E-state index < -0.39 is 0 Å². The van der Waals surface area contributed by atoms with Crippen LogP contribution in [0, 0.1) is 0 Å². The number of hydrogen-bond acceptors (Lipinski definition) is 3. The molecule has 1 amide bonds. The zero-order chi connectivity index (χ0) is 22.2. The summed E-state index contributed by atoms with van der Waals surface area (Å²) < 4.78 is 0. The van der Waals surface area contributed by atoms with Gasteiger partial charge in [-0.15, -0.1) is 5.73 Å². The van der Waals surface area contributed by atoms with E-state index in [1.165, 1.54) is 11.1 Å². The molecule has 0 saturated heterocycles. The average Bonchev–Trinajstić information content (AvgIpc) is 3.44. The Morgan fingerprint density at radius 3 is 2.81 bits per heavy atom. The molecule has 0 bridgehead atoms. The van der Waals surface area contributed by atoms with Gasteiger partial charge >= 0.3 is 0 Å². The SMILES string of the molecule is C=C=C(CNC(=O)c1cc[nH]c1)NC1=NC(c2ccc(CCC)c(CC(=C)C)c2)=CC1. The Hall–Kier alpha value is -3.56. The van der Waals surface area contributed by atoms with E-state index >= 15 is 0 Å². The predicted octanol–water partition coefficient (Wildman–Crippen LogP) is 4.92. The number of nitrogens with zero attached hydrogens (tertiary/aromatic N) is 1. The highest BCUT2D eigenvalue weighted by molar-refractivity contribution is 5.96. The van der Waals surface area contributed by atoms with E-state index in [2.05, 4.69) is 72.6 Å². The first-order valence-electron chi connectivity index (χ1n) is 10.6. The zero-order valence-corrected chi connectivity index (χ0v) is 18.3. The number of aromatic amines is 1. The van der Waals surface area contributed by atoms with Crippen molar-refractivity contribution in [2.24, 2.45) is 4.99 Å². The highest BCUT2D eigenvalue weighted by atomic mass is 16.1. The molecule has 1 aliphatic rings. The molecule has 0 radical (unpaired) electrons. The number of carbonyl (C=O) groups excluding carboxylic acids is 1. The number of aromatic nitrogens is 1. The molecule has 1 aromatic heterocycles. The van der Waals surface area contributed by atoms with Crippen LogP contribution < -0.4 is 10.6 Å². The smallest absolute Gasteiger partial charge is 0.253 e. The number of hydrogen-bond donors (Lipinski definition) is 3. The second kappa shape index (κ2) is 10.5. The molecule has 31 heavy (non-hydrogen) atoms. The van der Waals surface area contributed by atoms with Gasteiger partial charge in [-0.2, -0.15) is 0 Å². The molecule has 0 aliphatic carbocycles. The van der Waals surface area contributed by atoms with E-state index in [9.17, 15) is 4.79 Å². The van der Waals surface area contributed by atoms with Crippen LogP contribution in [-0.2, 0) is 12.8 Å². The standard InChI is InChI=1S/C26H30N4O/c1-5-7-19-8-9-20(15-22(19)14-18(3)4)24-10-11-25(30-24)29-23(6-2)17-28-26(31)21-12-13-27-16-21/h8-10,12-13,15-16,27H,2-3,5,7,11,14,17H2,1,4H3,(H,28,31)(H,29,30). The van der Waals surface area contributed by atoms with Crippen molar-refractivity contribution >= 4 is 17.4 Å². The molecule has 3 N–H and O–H groups in total. The lowest BCUT2D eigenvalue weighted by Gasteiger charge is -2.12. The van der Waals surface area contributed by atoms with Crippen LogP contribution in [0.1, 0.15) is 53.7 Å². The molecule has 160 valence electrons. The van der Waals surface area contributed by atoms with Crippen LogP contribution in [0.4, 0.5) is 0 Å². The Morgan fingerprint density at radius 2 is 2.13 bits per heavy atom. The number of rotatable bonds is 9. The van der Waals surface area contributed by atoms with Gasteiger partial charge in [0, 0.05) is 24.4 Å². The molecule has 0 spiro atoms. The van der Waals surface area contributed by atoms with Gasteiger partial charge in [-0.1, -0.05) is 50.3 Å². The molecule has 0 unspecified atom stereocenters. The maximum absolute atomic E-state index is 12.1. The van der Waals surface area contributed by atoms with Gasteiger partial charge in [0.05, 0.1) is 23.5 Å². The third-order valence-corrected chi connectivity index (χ3v) is 5.05. The van der Waals surface area contributed by atoms with Gasteiger partial charge in [-0.25, -0.2) is 4.99 Å². The van der Waals surface area contributed by atoms with E-state index in [1.807, 2.05) is 0 Å².